The fraction of sp³-hybridized carbons (Fsp3) is 0.278. The first-order chi connectivity index (χ1) is 11.4. The predicted molar refractivity (Wildman–Crippen MR) is 84.4 cm³/mol. The number of hydrogen-bond acceptors (Lipinski definition) is 2. The standard InChI is InChI=1S/C18H16F3NO2/c1-24-16-7-3-2-6-14(16)17(23)22-10-4-5-12-11-13(18(19,20)21)8-9-15(12)22/h2-3,6-9,11H,4-5,10H2,1H3. The van der Waals surface area contributed by atoms with E-state index in [9.17, 15) is 18.0 Å². The van der Waals surface area contributed by atoms with Crippen LogP contribution in [0.2, 0.25) is 0 Å². The van der Waals surface area contributed by atoms with Crippen LogP contribution in [0.15, 0.2) is 42.5 Å². The molecular formula is C18H16F3NO2. The van der Waals surface area contributed by atoms with E-state index in [1.54, 1.807) is 24.3 Å². The molecule has 0 aliphatic carbocycles. The Bertz CT molecular complexity index is 771. The number of methoxy groups -OCH3 is 1. The van der Waals surface area contributed by atoms with Crippen LogP contribution in [0.5, 0.6) is 5.75 Å². The molecule has 1 amide bonds. The van der Waals surface area contributed by atoms with Gasteiger partial charge in [-0.1, -0.05) is 12.1 Å². The Labute approximate surface area is 137 Å². The number of para-hydroxylation sites is 1. The number of carbonyl (C=O) groups excluding carboxylic acids is 1. The highest BCUT2D eigenvalue weighted by molar-refractivity contribution is 6.08. The van der Waals surface area contributed by atoms with Gasteiger partial charge in [-0.3, -0.25) is 4.79 Å². The summed E-state index contributed by atoms with van der Waals surface area (Å²) in [5, 5.41) is 0. The molecule has 126 valence electrons. The Hall–Kier alpha value is -2.50. The second-order valence-electron chi connectivity index (χ2n) is 5.60. The van der Waals surface area contributed by atoms with Crippen molar-refractivity contribution >= 4 is 11.6 Å². The average Bonchev–Trinajstić information content (AvgIpc) is 2.59. The number of aryl methyl sites for hydroxylation is 1. The number of fused-ring (bicyclic) bond motifs is 1. The molecule has 0 radical (unpaired) electrons. The number of carbonyl (C=O) groups is 1. The van der Waals surface area contributed by atoms with E-state index < -0.39 is 11.7 Å². The Kier molecular flexibility index (Phi) is 4.22. The number of benzene rings is 2. The summed E-state index contributed by atoms with van der Waals surface area (Å²) in [4.78, 5) is 14.4. The first kappa shape index (κ1) is 16.4. The highest BCUT2D eigenvalue weighted by Crippen LogP contribution is 2.36. The molecule has 3 nitrogen and oxygen atoms in total. The van der Waals surface area contributed by atoms with Gasteiger partial charge in [-0.15, -0.1) is 0 Å². The second-order valence-corrected chi connectivity index (χ2v) is 5.60. The van der Waals surface area contributed by atoms with Gasteiger partial charge in [0.2, 0.25) is 0 Å². The molecule has 0 atom stereocenters. The zero-order valence-electron chi connectivity index (χ0n) is 13.1. The van der Waals surface area contributed by atoms with Crippen molar-refractivity contribution in [3.05, 3.63) is 59.2 Å². The van der Waals surface area contributed by atoms with Crippen molar-refractivity contribution in [3.63, 3.8) is 0 Å². The number of anilines is 1. The summed E-state index contributed by atoms with van der Waals surface area (Å²) < 4.78 is 43.9. The maximum Gasteiger partial charge on any atom is 0.416 e. The maximum absolute atomic E-state index is 12.9. The third-order valence-electron chi connectivity index (χ3n) is 4.11. The second kappa shape index (κ2) is 6.19. The molecule has 24 heavy (non-hydrogen) atoms. The number of ether oxygens (including phenoxy) is 1. The number of halogens is 3. The van der Waals surface area contributed by atoms with Crippen molar-refractivity contribution in [1.82, 2.24) is 0 Å². The minimum absolute atomic E-state index is 0.270. The van der Waals surface area contributed by atoms with Gasteiger partial charge in [0.25, 0.3) is 5.91 Å². The lowest BCUT2D eigenvalue weighted by Crippen LogP contribution is -2.35. The molecular weight excluding hydrogens is 319 g/mol. The van der Waals surface area contributed by atoms with Crippen LogP contribution in [-0.2, 0) is 12.6 Å². The molecule has 3 rings (SSSR count). The van der Waals surface area contributed by atoms with E-state index in [-0.39, 0.29) is 5.91 Å². The van der Waals surface area contributed by atoms with Crippen molar-refractivity contribution in [1.29, 1.82) is 0 Å². The minimum atomic E-state index is -4.38. The van der Waals surface area contributed by atoms with Gasteiger partial charge in [0.1, 0.15) is 5.75 Å². The summed E-state index contributed by atoms with van der Waals surface area (Å²) in [7, 11) is 1.48. The number of alkyl halides is 3. The molecule has 2 aromatic rings. The zero-order chi connectivity index (χ0) is 17.3. The Balaban J connectivity index is 1.99. The molecule has 0 bridgehead atoms. The third-order valence-corrected chi connectivity index (χ3v) is 4.11. The molecule has 0 saturated heterocycles. The molecule has 1 aliphatic heterocycles. The summed E-state index contributed by atoms with van der Waals surface area (Å²) in [5.74, 6) is 0.176. The van der Waals surface area contributed by atoms with Crippen LogP contribution in [0.25, 0.3) is 0 Å². The lowest BCUT2D eigenvalue weighted by Gasteiger charge is -2.30. The number of hydrogen-bond donors (Lipinski definition) is 0. The van der Waals surface area contributed by atoms with Crippen molar-refractivity contribution in [3.8, 4) is 5.75 Å². The van der Waals surface area contributed by atoms with Crippen molar-refractivity contribution < 1.29 is 22.7 Å². The summed E-state index contributed by atoms with van der Waals surface area (Å²) >= 11 is 0. The number of amides is 1. The largest absolute Gasteiger partial charge is 0.496 e. The molecule has 2 aromatic carbocycles. The van der Waals surface area contributed by atoms with Gasteiger partial charge >= 0.3 is 6.18 Å². The third kappa shape index (κ3) is 2.96. The first-order valence-corrected chi connectivity index (χ1v) is 7.57. The van der Waals surface area contributed by atoms with E-state index in [1.807, 2.05) is 0 Å². The molecule has 0 spiro atoms. The highest BCUT2D eigenvalue weighted by Gasteiger charge is 2.33. The van der Waals surface area contributed by atoms with Crippen molar-refractivity contribution in [2.45, 2.75) is 19.0 Å². The molecule has 1 heterocycles. The number of nitrogens with zero attached hydrogens (tertiary/aromatic N) is 1. The van der Waals surface area contributed by atoms with E-state index in [0.29, 0.717) is 42.0 Å². The van der Waals surface area contributed by atoms with Gasteiger partial charge in [-0.2, -0.15) is 13.2 Å². The SMILES string of the molecule is COc1ccccc1C(=O)N1CCCc2cc(C(F)(F)F)ccc21. The van der Waals surface area contributed by atoms with E-state index in [2.05, 4.69) is 0 Å². The Morgan fingerprint density at radius 3 is 2.62 bits per heavy atom. The van der Waals surface area contributed by atoms with E-state index >= 15 is 0 Å². The minimum Gasteiger partial charge on any atom is -0.496 e. The van der Waals surface area contributed by atoms with Crippen LogP contribution in [-0.4, -0.2) is 19.6 Å². The summed E-state index contributed by atoms with van der Waals surface area (Å²) in [6.45, 7) is 0.468. The van der Waals surface area contributed by atoms with Gasteiger partial charge in [0, 0.05) is 12.2 Å². The molecule has 0 fully saturated rings. The van der Waals surface area contributed by atoms with Gasteiger partial charge in [-0.25, -0.2) is 0 Å². The van der Waals surface area contributed by atoms with Gasteiger partial charge in [-0.05, 0) is 48.7 Å². The van der Waals surface area contributed by atoms with Crippen LogP contribution in [0.1, 0.15) is 27.9 Å². The molecule has 0 unspecified atom stereocenters. The van der Waals surface area contributed by atoms with Crippen LogP contribution in [0.4, 0.5) is 18.9 Å². The van der Waals surface area contributed by atoms with Gasteiger partial charge in [0.15, 0.2) is 0 Å². The summed E-state index contributed by atoms with van der Waals surface area (Å²) in [6, 6.07) is 10.4. The lowest BCUT2D eigenvalue weighted by molar-refractivity contribution is -0.137. The smallest absolute Gasteiger partial charge is 0.416 e. The molecule has 6 heteroatoms. The topological polar surface area (TPSA) is 29.5 Å². The van der Waals surface area contributed by atoms with Gasteiger partial charge < -0.3 is 9.64 Å². The summed E-state index contributed by atoms with van der Waals surface area (Å²) in [6.07, 6.45) is -3.24. The van der Waals surface area contributed by atoms with Gasteiger partial charge in [0.05, 0.1) is 18.2 Å². The van der Waals surface area contributed by atoms with Crippen LogP contribution in [0.3, 0.4) is 0 Å². The molecule has 1 aliphatic rings. The predicted octanol–water partition coefficient (Wildman–Crippen LogP) is 4.31. The van der Waals surface area contributed by atoms with Crippen LogP contribution >= 0.6 is 0 Å². The number of rotatable bonds is 2. The van der Waals surface area contributed by atoms with Crippen LogP contribution in [0, 0.1) is 0 Å². The molecule has 0 saturated carbocycles. The fourth-order valence-corrected chi connectivity index (χ4v) is 2.95. The van der Waals surface area contributed by atoms with E-state index in [1.165, 1.54) is 18.1 Å². The zero-order valence-corrected chi connectivity index (χ0v) is 13.1. The van der Waals surface area contributed by atoms with E-state index in [4.69, 9.17) is 4.74 Å². The maximum atomic E-state index is 12.9. The quantitative estimate of drug-likeness (QED) is 0.819. The molecule has 0 N–H and O–H groups in total. The Morgan fingerprint density at radius 1 is 1.17 bits per heavy atom. The van der Waals surface area contributed by atoms with Crippen molar-refractivity contribution in [2.75, 3.05) is 18.6 Å². The Morgan fingerprint density at radius 2 is 1.92 bits per heavy atom. The fourth-order valence-electron chi connectivity index (χ4n) is 2.95. The first-order valence-electron chi connectivity index (χ1n) is 7.57. The monoisotopic (exact) mass is 335 g/mol. The van der Waals surface area contributed by atoms with Crippen LogP contribution < -0.4 is 9.64 Å². The normalized spacial score (nSPS) is 14.2. The average molecular weight is 335 g/mol. The lowest BCUT2D eigenvalue weighted by atomic mass is 9.98. The van der Waals surface area contributed by atoms with E-state index in [0.717, 1.165) is 12.1 Å². The highest BCUT2D eigenvalue weighted by atomic mass is 19.4. The summed E-state index contributed by atoms with van der Waals surface area (Å²) in [5.41, 5.74) is 0.782. The molecule has 0 aromatic heterocycles. The van der Waals surface area contributed by atoms with Crippen molar-refractivity contribution in [2.24, 2.45) is 0 Å².